The number of aliphatic imine (C=N–C) groups is 2. The van der Waals surface area contributed by atoms with E-state index in [-0.39, 0.29) is 11.5 Å². The van der Waals surface area contributed by atoms with Crippen LogP contribution in [0.15, 0.2) is 70.6 Å². The predicted molar refractivity (Wildman–Crippen MR) is 144 cm³/mol. The average Bonchev–Trinajstić information content (AvgIpc) is 2.85. The third kappa shape index (κ3) is 6.16. The lowest BCUT2D eigenvalue weighted by Gasteiger charge is -2.21. The molecule has 0 amide bonds. The highest BCUT2D eigenvalue weighted by Gasteiger charge is 2.07. The molecule has 3 aromatic rings. The van der Waals surface area contributed by atoms with E-state index in [4.69, 9.17) is 0 Å². The summed E-state index contributed by atoms with van der Waals surface area (Å²) in [5, 5.41) is 20.8. The first-order chi connectivity index (χ1) is 16.5. The van der Waals surface area contributed by atoms with Crippen LogP contribution in [0, 0.1) is 0 Å². The van der Waals surface area contributed by atoms with Crippen LogP contribution in [-0.4, -0.2) is 48.8 Å². The quantitative estimate of drug-likeness (QED) is 0.350. The van der Waals surface area contributed by atoms with Gasteiger partial charge in [0.1, 0.15) is 11.5 Å². The second-order valence-electron chi connectivity index (χ2n) is 7.87. The Kier molecular flexibility index (Phi) is 8.68. The Hall–Kier alpha value is -3.80. The Morgan fingerprint density at radius 2 is 1.03 bits per heavy atom. The van der Waals surface area contributed by atoms with Gasteiger partial charge in [0.05, 0.1) is 11.4 Å². The Morgan fingerprint density at radius 1 is 0.618 bits per heavy atom. The first-order valence-electron chi connectivity index (χ1n) is 11.8. The molecule has 34 heavy (non-hydrogen) atoms. The van der Waals surface area contributed by atoms with Crippen LogP contribution in [0.5, 0.6) is 11.5 Å². The molecule has 0 atom stereocenters. The molecule has 0 aliphatic carbocycles. The molecule has 0 spiro atoms. The lowest BCUT2D eigenvalue weighted by Crippen LogP contribution is -2.21. The summed E-state index contributed by atoms with van der Waals surface area (Å²) >= 11 is 0. The molecule has 0 saturated heterocycles. The molecule has 3 aromatic carbocycles. The first kappa shape index (κ1) is 24.8. The molecule has 6 nitrogen and oxygen atoms in total. The summed E-state index contributed by atoms with van der Waals surface area (Å²) in [7, 11) is 0. The number of phenolic OH excluding ortho intramolecular Hbond substituents is 2. The minimum atomic E-state index is 0.200. The molecule has 0 heterocycles. The van der Waals surface area contributed by atoms with Crippen molar-refractivity contribution in [2.45, 2.75) is 27.7 Å². The summed E-state index contributed by atoms with van der Waals surface area (Å²) in [6, 6.07) is 18.8. The lowest BCUT2D eigenvalue weighted by atomic mass is 10.1. The van der Waals surface area contributed by atoms with E-state index in [1.807, 2.05) is 48.5 Å². The van der Waals surface area contributed by atoms with Crippen molar-refractivity contribution in [1.29, 1.82) is 0 Å². The smallest absolute Gasteiger partial charge is 0.126 e. The van der Waals surface area contributed by atoms with Gasteiger partial charge in [0.25, 0.3) is 0 Å². The summed E-state index contributed by atoms with van der Waals surface area (Å²) in [5.41, 5.74) is 4.74. The standard InChI is InChI=1S/C28H34N4O2/c1-5-31(6-2)25-14-12-21(27(33)17-25)19-29-23-10-9-11-24(16-23)30-20-22-13-15-26(18-28(22)34)32(7-3)8-4/h9-20,33-34H,5-8H2,1-4H3. The van der Waals surface area contributed by atoms with Crippen molar-refractivity contribution in [2.75, 3.05) is 36.0 Å². The number of hydrogen-bond donors (Lipinski definition) is 2. The van der Waals surface area contributed by atoms with Crippen molar-refractivity contribution in [2.24, 2.45) is 9.98 Å². The molecule has 0 saturated carbocycles. The fourth-order valence-corrected chi connectivity index (χ4v) is 3.80. The molecule has 3 rings (SSSR count). The molecule has 0 aliphatic rings. The van der Waals surface area contributed by atoms with Crippen molar-refractivity contribution in [1.82, 2.24) is 0 Å². The van der Waals surface area contributed by atoms with Gasteiger partial charge >= 0.3 is 0 Å². The largest absolute Gasteiger partial charge is 0.507 e. The summed E-state index contributed by atoms with van der Waals surface area (Å²) in [4.78, 5) is 13.4. The van der Waals surface area contributed by atoms with Crippen molar-refractivity contribution < 1.29 is 10.2 Å². The Labute approximate surface area is 202 Å². The zero-order valence-electron chi connectivity index (χ0n) is 20.4. The molecule has 0 aliphatic heterocycles. The number of aromatic hydroxyl groups is 2. The van der Waals surface area contributed by atoms with Crippen molar-refractivity contribution in [3.63, 3.8) is 0 Å². The average molecular weight is 459 g/mol. The minimum Gasteiger partial charge on any atom is -0.507 e. The zero-order valence-corrected chi connectivity index (χ0v) is 20.4. The SMILES string of the molecule is CCN(CC)c1ccc(C=Nc2cccc(N=Cc3ccc(N(CC)CC)cc3O)c2)c(O)c1. The van der Waals surface area contributed by atoms with Crippen molar-refractivity contribution in [3.05, 3.63) is 71.8 Å². The molecule has 0 fully saturated rings. The highest BCUT2D eigenvalue weighted by molar-refractivity contribution is 5.88. The molecule has 2 N–H and O–H groups in total. The molecule has 178 valence electrons. The molecular weight excluding hydrogens is 424 g/mol. The lowest BCUT2D eigenvalue weighted by molar-refractivity contribution is 0.474. The normalized spacial score (nSPS) is 11.4. The highest BCUT2D eigenvalue weighted by atomic mass is 16.3. The van der Waals surface area contributed by atoms with Crippen molar-refractivity contribution in [3.8, 4) is 11.5 Å². The maximum atomic E-state index is 10.4. The Bertz CT molecular complexity index is 1060. The van der Waals surface area contributed by atoms with Gasteiger partial charge < -0.3 is 20.0 Å². The molecular formula is C28H34N4O2. The zero-order chi connectivity index (χ0) is 24.5. The van der Waals surface area contributed by atoms with Gasteiger partial charge in [-0.15, -0.1) is 0 Å². The van der Waals surface area contributed by atoms with E-state index in [0.717, 1.165) is 48.9 Å². The molecule has 0 aromatic heterocycles. The van der Waals surface area contributed by atoms with E-state index in [1.165, 1.54) is 0 Å². The van der Waals surface area contributed by atoms with Crippen LogP contribution in [0.4, 0.5) is 22.7 Å². The fourth-order valence-electron chi connectivity index (χ4n) is 3.80. The van der Waals surface area contributed by atoms with Crippen LogP contribution < -0.4 is 9.80 Å². The van der Waals surface area contributed by atoms with Crippen LogP contribution in [0.2, 0.25) is 0 Å². The first-order valence-corrected chi connectivity index (χ1v) is 11.8. The minimum absolute atomic E-state index is 0.200. The van der Waals surface area contributed by atoms with Gasteiger partial charge in [-0.25, -0.2) is 0 Å². The summed E-state index contributed by atoms with van der Waals surface area (Å²) in [5.74, 6) is 0.400. The second kappa shape index (κ2) is 11.9. The molecule has 0 unspecified atom stereocenters. The number of hydrogen-bond acceptors (Lipinski definition) is 6. The van der Waals surface area contributed by atoms with E-state index in [1.54, 1.807) is 24.6 Å². The Morgan fingerprint density at radius 3 is 1.38 bits per heavy atom. The van der Waals surface area contributed by atoms with Gasteiger partial charge in [-0.1, -0.05) is 6.07 Å². The third-order valence-corrected chi connectivity index (χ3v) is 5.82. The predicted octanol–water partition coefficient (Wildman–Crippen LogP) is 6.29. The summed E-state index contributed by atoms with van der Waals surface area (Å²) < 4.78 is 0. The number of anilines is 2. The van der Waals surface area contributed by atoms with Gasteiger partial charge in [-0.05, 0) is 70.2 Å². The maximum absolute atomic E-state index is 10.4. The number of nitrogens with zero attached hydrogens (tertiary/aromatic N) is 4. The van der Waals surface area contributed by atoms with Gasteiger partial charge in [-0.2, -0.15) is 0 Å². The monoisotopic (exact) mass is 458 g/mol. The molecule has 0 bridgehead atoms. The van der Waals surface area contributed by atoms with Crippen LogP contribution in [-0.2, 0) is 0 Å². The molecule has 0 radical (unpaired) electrons. The van der Waals surface area contributed by atoms with Crippen LogP contribution >= 0.6 is 0 Å². The van der Waals surface area contributed by atoms with Crippen molar-refractivity contribution >= 4 is 35.2 Å². The Balaban J connectivity index is 1.74. The highest BCUT2D eigenvalue weighted by Crippen LogP contribution is 2.27. The summed E-state index contributed by atoms with van der Waals surface area (Å²) in [6.07, 6.45) is 3.31. The third-order valence-electron chi connectivity index (χ3n) is 5.82. The van der Waals surface area contributed by atoms with E-state index in [9.17, 15) is 10.2 Å². The van der Waals surface area contributed by atoms with Gasteiger partial charge in [0, 0.05) is 73.2 Å². The van der Waals surface area contributed by atoms with Gasteiger partial charge in [0.15, 0.2) is 0 Å². The van der Waals surface area contributed by atoms with E-state index < -0.39 is 0 Å². The van der Waals surface area contributed by atoms with Crippen LogP contribution in [0.3, 0.4) is 0 Å². The van der Waals surface area contributed by atoms with Crippen LogP contribution in [0.1, 0.15) is 38.8 Å². The van der Waals surface area contributed by atoms with E-state index in [0.29, 0.717) is 11.1 Å². The summed E-state index contributed by atoms with van der Waals surface area (Å²) in [6.45, 7) is 11.9. The van der Waals surface area contributed by atoms with E-state index >= 15 is 0 Å². The van der Waals surface area contributed by atoms with Gasteiger partial charge in [-0.3, -0.25) is 9.98 Å². The van der Waals surface area contributed by atoms with Gasteiger partial charge in [0.2, 0.25) is 0 Å². The van der Waals surface area contributed by atoms with E-state index in [2.05, 4.69) is 47.5 Å². The number of benzene rings is 3. The fraction of sp³-hybridized carbons (Fsp3) is 0.286. The number of rotatable bonds is 10. The molecule has 6 heteroatoms. The topological polar surface area (TPSA) is 71.7 Å². The second-order valence-corrected chi connectivity index (χ2v) is 7.87. The van der Waals surface area contributed by atoms with Crippen LogP contribution in [0.25, 0.3) is 0 Å². The maximum Gasteiger partial charge on any atom is 0.126 e. The number of phenols is 2.